The molecule has 0 aromatic heterocycles. The molecule has 0 aromatic carbocycles. The summed E-state index contributed by atoms with van der Waals surface area (Å²) in [5, 5.41) is 24.7. The minimum absolute atomic E-state index is 0.166. The average molecular weight is 466 g/mol. The Balaban J connectivity index is 1.42. The number of nitrogens with one attached hydrogen (secondary N) is 1. The Morgan fingerprint density at radius 1 is 1.06 bits per heavy atom. The maximum atomic E-state index is 12.3. The number of hydrogen-bond acceptors (Lipinski definition) is 4. The van der Waals surface area contributed by atoms with Gasteiger partial charge in [0.1, 0.15) is 0 Å². The van der Waals surface area contributed by atoms with Crippen LogP contribution >= 0.6 is 11.8 Å². The van der Waals surface area contributed by atoms with Crippen LogP contribution in [0.5, 0.6) is 0 Å². The fourth-order valence-electron chi connectivity index (χ4n) is 9.12. The Labute approximate surface area is 200 Å². The molecule has 10 atom stereocenters. The first-order valence-electron chi connectivity index (χ1n) is 13.3. The summed E-state index contributed by atoms with van der Waals surface area (Å²) in [6.45, 7) is 8.15. The molecule has 0 heterocycles. The van der Waals surface area contributed by atoms with Gasteiger partial charge in [0.2, 0.25) is 5.91 Å². The van der Waals surface area contributed by atoms with Crippen LogP contribution in [-0.2, 0) is 4.79 Å². The van der Waals surface area contributed by atoms with E-state index in [1.807, 2.05) is 0 Å². The second kappa shape index (κ2) is 9.77. The molecule has 0 aliphatic heterocycles. The van der Waals surface area contributed by atoms with Gasteiger partial charge in [-0.25, -0.2) is 0 Å². The van der Waals surface area contributed by atoms with Gasteiger partial charge in [-0.15, -0.1) is 0 Å². The lowest BCUT2D eigenvalue weighted by Gasteiger charge is -2.62. The molecule has 0 unspecified atom stereocenters. The number of amides is 1. The van der Waals surface area contributed by atoms with Crippen LogP contribution in [-0.4, -0.2) is 46.9 Å². The summed E-state index contributed by atoms with van der Waals surface area (Å²) in [4.78, 5) is 12.3. The summed E-state index contributed by atoms with van der Waals surface area (Å²) in [6.07, 6.45) is 12.2. The number of fused-ring (bicyclic) bond motifs is 5. The SMILES string of the molecule is CSCCNC(=O)CC[C@@H](C)[C@H]1CC[C@H]2[C@@H]3[C@H](O)C[C@@H]4C[C@H](O)CC[C@]4(C)[C@H]3CC[C@]12C. The zero-order valence-electron chi connectivity index (χ0n) is 20.8. The van der Waals surface area contributed by atoms with Crippen molar-refractivity contribution in [2.24, 2.45) is 46.3 Å². The molecule has 3 N–H and O–H groups in total. The molecule has 32 heavy (non-hydrogen) atoms. The maximum absolute atomic E-state index is 12.3. The van der Waals surface area contributed by atoms with E-state index in [0.717, 1.165) is 44.4 Å². The summed E-state index contributed by atoms with van der Waals surface area (Å²) in [5.41, 5.74) is 0.595. The zero-order valence-corrected chi connectivity index (χ0v) is 21.6. The zero-order chi connectivity index (χ0) is 23.1. The minimum Gasteiger partial charge on any atom is -0.393 e. The van der Waals surface area contributed by atoms with Gasteiger partial charge in [-0.1, -0.05) is 20.8 Å². The summed E-state index contributed by atoms with van der Waals surface area (Å²) < 4.78 is 0. The quantitative estimate of drug-likeness (QED) is 0.469. The molecular formula is C27H47NO3S. The Morgan fingerprint density at radius 3 is 2.53 bits per heavy atom. The van der Waals surface area contributed by atoms with Gasteiger partial charge < -0.3 is 15.5 Å². The summed E-state index contributed by atoms with van der Waals surface area (Å²) in [7, 11) is 0. The van der Waals surface area contributed by atoms with Crippen LogP contribution in [0.4, 0.5) is 0 Å². The molecule has 5 heteroatoms. The van der Waals surface area contributed by atoms with Crippen molar-refractivity contribution in [2.45, 2.75) is 97.2 Å². The number of carbonyl (C=O) groups is 1. The lowest BCUT2D eigenvalue weighted by molar-refractivity contribution is -0.174. The van der Waals surface area contributed by atoms with E-state index in [9.17, 15) is 15.0 Å². The van der Waals surface area contributed by atoms with Gasteiger partial charge in [0, 0.05) is 18.7 Å². The summed E-state index contributed by atoms with van der Waals surface area (Å²) in [6, 6.07) is 0. The normalized spacial score (nSPS) is 46.6. The topological polar surface area (TPSA) is 69.6 Å². The maximum Gasteiger partial charge on any atom is 0.220 e. The van der Waals surface area contributed by atoms with Gasteiger partial charge in [0.05, 0.1) is 12.2 Å². The van der Waals surface area contributed by atoms with Crippen molar-refractivity contribution in [3.05, 3.63) is 0 Å². The molecule has 1 amide bonds. The van der Waals surface area contributed by atoms with Crippen LogP contribution in [0.25, 0.3) is 0 Å². The number of aliphatic hydroxyl groups is 2. The third kappa shape index (κ3) is 4.40. The van der Waals surface area contributed by atoms with Crippen LogP contribution < -0.4 is 5.32 Å². The van der Waals surface area contributed by atoms with E-state index >= 15 is 0 Å². The molecule has 0 bridgehead atoms. The van der Waals surface area contributed by atoms with Crippen molar-refractivity contribution in [1.82, 2.24) is 5.32 Å². The van der Waals surface area contributed by atoms with Crippen LogP contribution in [0.3, 0.4) is 0 Å². The van der Waals surface area contributed by atoms with Crippen molar-refractivity contribution >= 4 is 17.7 Å². The van der Waals surface area contributed by atoms with Gasteiger partial charge in [-0.2, -0.15) is 11.8 Å². The fourth-order valence-corrected chi connectivity index (χ4v) is 9.42. The van der Waals surface area contributed by atoms with E-state index in [-0.39, 0.29) is 18.1 Å². The summed E-state index contributed by atoms with van der Waals surface area (Å²) >= 11 is 1.77. The second-order valence-electron chi connectivity index (χ2n) is 12.3. The van der Waals surface area contributed by atoms with Crippen LogP contribution in [0, 0.1) is 46.3 Å². The van der Waals surface area contributed by atoms with Gasteiger partial charge in [-0.05, 0) is 110 Å². The molecule has 0 saturated heterocycles. The highest BCUT2D eigenvalue weighted by Crippen LogP contribution is 2.68. The Bertz CT molecular complexity index is 673. The summed E-state index contributed by atoms with van der Waals surface area (Å²) in [5.74, 6) is 4.54. The number of rotatable bonds is 7. The van der Waals surface area contributed by atoms with Gasteiger partial charge in [0.25, 0.3) is 0 Å². The molecule has 0 radical (unpaired) electrons. The van der Waals surface area contributed by atoms with Crippen molar-refractivity contribution in [3.63, 3.8) is 0 Å². The van der Waals surface area contributed by atoms with E-state index in [0.29, 0.717) is 52.8 Å². The molecule has 4 fully saturated rings. The Hall–Kier alpha value is -0.260. The molecule has 4 nitrogen and oxygen atoms in total. The number of carbonyl (C=O) groups excluding carboxylic acids is 1. The van der Waals surface area contributed by atoms with Crippen molar-refractivity contribution in [3.8, 4) is 0 Å². The molecule has 4 saturated carbocycles. The minimum atomic E-state index is -0.204. The predicted octanol–water partition coefficient (Wildman–Crippen LogP) is 4.87. The highest BCUT2D eigenvalue weighted by molar-refractivity contribution is 7.98. The first-order chi connectivity index (χ1) is 15.2. The van der Waals surface area contributed by atoms with E-state index < -0.39 is 0 Å². The highest BCUT2D eigenvalue weighted by atomic mass is 32.2. The molecule has 0 spiro atoms. The Morgan fingerprint density at radius 2 is 1.78 bits per heavy atom. The molecule has 4 aliphatic carbocycles. The first-order valence-corrected chi connectivity index (χ1v) is 14.7. The molecule has 0 aromatic rings. The van der Waals surface area contributed by atoms with E-state index in [2.05, 4.69) is 32.3 Å². The lowest BCUT2D eigenvalue weighted by atomic mass is 9.43. The fraction of sp³-hybridized carbons (Fsp3) is 0.963. The van der Waals surface area contributed by atoms with Crippen LogP contribution in [0.1, 0.15) is 85.0 Å². The van der Waals surface area contributed by atoms with Crippen molar-refractivity contribution < 1.29 is 15.0 Å². The van der Waals surface area contributed by atoms with Gasteiger partial charge in [-0.3, -0.25) is 4.79 Å². The third-order valence-electron chi connectivity index (χ3n) is 10.9. The molecular weight excluding hydrogens is 418 g/mol. The standard InChI is InChI=1S/C27H47NO3S/c1-17(5-8-24(31)28-13-14-32-4)20-6-7-21-25-22(10-12-27(20,21)3)26(2)11-9-19(29)15-18(26)16-23(25)30/h17-23,25,29-30H,5-16H2,1-4H3,(H,28,31)/t17-,18+,19-,20-,21+,22+,23-,25+,26+,27-/m1/s1. The van der Waals surface area contributed by atoms with Crippen molar-refractivity contribution in [1.29, 1.82) is 0 Å². The van der Waals surface area contributed by atoms with Gasteiger partial charge in [0.15, 0.2) is 0 Å². The highest BCUT2D eigenvalue weighted by Gasteiger charge is 2.62. The lowest BCUT2D eigenvalue weighted by Crippen LogP contribution is -2.58. The van der Waals surface area contributed by atoms with E-state index in [1.165, 1.54) is 25.7 Å². The number of thioether (sulfide) groups is 1. The molecule has 4 aliphatic rings. The largest absolute Gasteiger partial charge is 0.393 e. The average Bonchev–Trinajstić information content (AvgIpc) is 3.11. The first kappa shape index (κ1) is 24.9. The van der Waals surface area contributed by atoms with E-state index in [1.54, 1.807) is 11.8 Å². The van der Waals surface area contributed by atoms with Crippen LogP contribution in [0.15, 0.2) is 0 Å². The molecule has 184 valence electrons. The van der Waals surface area contributed by atoms with Crippen LogP contribution in [0.2, 0.25) is 0 Å². The predicted molar refractivity (Wildman–Crippen MR) is 132 cm³/mol. The number of aliphatic hydroxyl groups excluding tert-OH is 2. The third-order valence-corrected chi connectivity index (χ3v) is 11.5. The van der Waals surface area contributed by atoms with Crippen molar-refractivity contribution in [2.75, 3.05) is 18.6 Å². The monoisotopic (exact) mass is 465 g/mol. The smallest absolute Gasteiger partial charge is 0.220 e. The molecule has 4 rings (SSSR count). The van der Waals surface area contributed by atoms with E-state index in [4.69, 9.17) is 0 Å². The second-order valence-corrected chi connectivity index (χ2v) is 13.3. The number of hydrogen-bond donors (Lipinski definition) is 3. The Kier molecular flexibility index (Phi) is 7.59. The van der Waals surface area contributed by atoms with Gasteiger partial charge >= 0.3 is 0 Å².